The van der Waals surface area contributed by atoms with E-state index < -0.39 is 17.2 Å². The van der Waals surface area contributed by atoms with E-state index in [9.17, 15) is 0 Å². The van der Waals surface area contributed by atoms with Crippen molar-refractivity contribution in [3.05, 3.63) is 0 Å². The summed E-state index contributed by atoms with van der Waals surface area (Å²) < 4.78 is 2.72. The third kappa shape index (κ3) is 4.08. The Balaban J connectivity index is 3.91. The summed E-state index contributed by atoms with van der Waals surface area (Å²) >= 11 is 0. The van der Waals surface area contributed by atoms with Gasteiger partial charge in [-0.15, -0.1) is 0 Å². The van der Waals surface area contributed by atoms with Gasteiger partial charge in [0.05, 0.1) is 0 Å². The molecule has 0 N–H and O–H groups in total. The first-order chi connectivity index (χ1) is 4.89. The zero-order valence-corrected chi connectivity index (χ0v) is 11.1. The van der Waals surface area contributed by atoms with Crippen LogP contribution in [0.2, 0.25) is 32.2 Å². The van der Waals surface area contributed by atoms with Gasteiger partial charge in [0.25, 0.3) is 0 Å². The Bertz CT molecular complexity index is 109. The highest BCUT2D eigenvalue weighted by Crippen LogP contribution is 2.11. The molecular formula is C8H23NSi2. The molecule has 0 rings (SSSR count). The summed E-state index contributed by atoms with van der Waals surface area (Å²) in [4.78, 5) is 0. The van der Waals surface area contributed by atoms with Crippen LogP contribution in [0.1, 0.15) is 13.3 Å². The maximum Gasteiger partial charge on any atom is 0.111 e. The first kappa shape index (κ1) is 11.4. The average Bonchev–Trinajstić information content (AvgIpc) is 1.85. The van der Waals surface area contributed by atoms with Crippen LogP contribution >= 0.6 is 0 Å². The Morgan fingerprint density at radius 3 is 2.00 bits per heavy atom. The second-order valence-corrected chi connectivity index (χ2v) is 13.0. The molecule has 0 spiro atoms. The maximum atomic E-state index is 2.72. The van der Waals surface area contributed by atoms with E-state index in [-0.39, 0.29) is 0 Å². The number of hydrogen-bond donors (Lipinski definition) is 0. The van der Waals surface area contributed by atoms with Crippen molar-refractivity contribution >= 4 is 17.2 Å². The molecule has 0 fully saturated rings. The highest BCUT2D eigenvalue weighted by Gasteiger charge is 2.23. The molecule has 1 atom stereocenters. The summed E-state index contributed by atoms with van der Waals surface area (Å²) in [6.45, 7) is 12.1. The van der Waals surface area contributed by atoms with Crippen LogP contribution < -0.4 is 0 Å². The standard InChI is InChI=1S/C8H23NSi2/c1-7-8-10(3)9(2)11(4,5)6/h10H,7-8H2,1-6H3. The molecule has 0 heterocycles. The molecule has 0 aromatic heterocycles. The summed E-state index contributed by atoms with van der Waals surface area (Å²) in [5.41, 5.74) is 0. The minimum atomic E-state index is -0.966. The lowest BCUT2D eigenvalue weighted by atomic mass is 10.6. The molecular weight excluding hydrogens is 166 g/mol. The minimum absolute atomic E-state index is 0.526. The predicted octanol–water partition coefficient (Wildman–Crippen LogP) is 2.52. The number of hydrogen-bond acceptors (Lipinski definition) is 1. The minimum Gasteiger partial charge on any atom is -0.351 e. The first-order valence-corrected chi connectivity index (χ1v) is 10.6. The monoisotopic (exact) mass is 189 g/mol. The van der Waals surface area contributed by atoms with Crippen LogP contribution in [-0.2, 0) is 0 Å². The lowest BCUT2D eigenvalue weighted by molar-refractivity contribution is 0.764. The summed E-state index contributed by atoms with van der Waals surface area (Å²) in [5.74, 6) is 0. The molecule has 0 bridgehead atoms. The van der Waals surface area contributed by atoms with E-state index in [0.29, 0.717) is 0 Å². The van der Waals surface area contributed by atoms with Gasteiger partial charge in [0.1, 0.15) is 17.2 Å². The maximum absolute atomic E-state index is 2.72. The van der Waals surface area contributed by atoms with E-state index >= 15 is 0 Å². The van der Waals surface area contributed by atoms with Gasteiger partial charge in [-0.05, 0) is 13.1 Å². The number of rotatable bonds is 4. The average molecular weight is 189 g/mol. The number of nitrogens with zero attached hydrogens (tertiary/aromatic N) is 1. The zero-order valence-electron chi connectivity index (χ0n) is 8.94. The molecule has 0 aliphatic rings. The fraction of sp³-hybridized carbons (Fsp3) is 1.00. The molecule has 0 aliphatic heterocycles. The van der Waals surface area contributed by atoms with E-state index in [2.05, 4.69) is 44.4 Å². The van der Waals surface area contributed by atoms with Crippen LogP contribution in [0.3, 0.4) is 0 Å². The zero-order chi connectivity index (χ0) is 9.07. The lowest BCUT2D eigenvalue weighted by Crippen LogP contribution is -2.50. The van der Waals surface area contributed by atoms with Gasteiger partial charge in [0.15, 0.2) is 0 Å². The molecule has 0 aromatic rings. The second kappa shape index (κ2) is 4.43. The topological polar surface area (TPSA) is 3.24 Å². The molecule has 1 unspecified atom stereocenters. The Hall–Kier alpha value is 0.394. The molecule has 0 radical (unpaired) electrons. The quantitative estimate of drug-likeness (QED) is 0.614. The molecule has 0 saturated carbocycles. The van der Waals surface area contributed by atoms with Gasteiger partial charge in [-0.1, -0.05) is 39.5 Å². The van der Waals surface area contributed by atoms with E-state index in [0.717, 1.165) is 0 Å². The van der Waals surface area contributed by atoms with Gasteiger partial charge in [-0.25, -0.2) is 0 Å². The van der Waals surface area contributed by atoms with Crippen LogP contribution in [0.5, 0.6) is 0 Å². The lowest BCUT2D eigenvalue weighted by Gasteiger charge is -2.35. The van der Waals surface area contributed by atoms with Crippen molar-refractivity contribution in [3.8, 4) is 0 Å². The fourth-order valence-electron chi connectivity index (χ4n) is 1.27. The van der Waals surface area contributed by atoms with Gasteiger partial charge in [0, 0.05) is 0 Å². The SMILES string of the molecule is CCC[SiH](C)N(C)[Si](C)(C)C. The van der Waals surface area contributed by atoms with Crippen molar-refractivity contribution < 1.29 is 0 Å². The van der Waals surface area contributed by atoms with Gasteiger partial charge in [-0.2, -0.15) is 0 Å². The van der Waals surface area contributed by atoms with Crippen LogP contribution in [-0.4, -0.2) is 28.5 Å². The normalized spacial score (nSPS) is 15.5. The molecule has 1 nitrogen and oxygen atoms in total. The highest BCUT2D eigenvalue weighted by atomic mass is 28.4. The Kier molecular flexibility index (Phi) is 4.59. The largest absolute Gasteiger partial charge is 0.351 e. The molecule has 68 valence electrons. The van der Waals surface area contributed by atoms with E-state index in [1.807, 2.05) is 0 Å². The van der Waals surface area contributed by atoms with Crippen molar-refractivity contribution in [2.24, 2.45) is 0 Å². The molecule has 3 heteroatoms. The summed E-state index contributed by atoms with van der Waals surface area (Å²) in [6, 6.07) is 1.47. The Morgan fingerprint density at radius 2 is 1.73 bits per heavy atom. The summed E-state index contributed by atoms with van der Waals surface area (Å²) in [6.07, 6.45) is 1.36. The van der Waals surface area contributed by atoms with Crippen LogP contribution in [0.4, 0.5) is 0 Å². The molecule has 11 heavy (non-hydrogen) atoms. The van der Waals surface area contributed by atoms with Crippen LogP contribution in [0, 0.1) is 0 Å². The summed E-state index contributed by atoms with van der Waals surface area (Å²) in [5, 5.41) is 0. The first-order valence-electron chi connectivity index (χ1n) is 4.62. The van der Waals surface area contributed by atoms with E-state index in [1.165, 1.54) is 12.5 Å². The smallest absolute Gasteiger partial charge is 0.111 e. The molecule has 0 aliphatic carbocycles. The van der Waals surface area contributed by atoms with E-state index in [1.54, 1.807) is 0 Å². The second-order valence-electron chi connectivity index (χ2n) is 4.42. The van der Waals surface area contributed by atoms with Crippen LogP contribution in [0.25, 0.3) is 0 Å². The van der Waals surface area contributed by atoms with Crippen molar-refractivity contribution in [2.45, 2.75) is 45.6 Å². The van der Waals surface area contributed by atoms with Crippen molar-refractivity contribution in [1.82, 2.24) is 4.23 Å². The predicted molar refractivity (Wildman–Crippen MR) is 59.2 cm³/mol. The van der Waals surface area contributed by atoms with Crippen molar-refractivity contribution in [3.63, 3.8) is 0 Å². The van der Waals surface area contributed by atoms with Gasteiger partial charge < -0.3 is 4.23 Å². The molecule has 0 amide bonds. The molecule has 0 saturated heterocycles. The fourth-order valence-corrected chi connectivity index (χ4v) is 8.17. The third-order valence-corrected chi connectivity index (χ3v) is 10.9. The Labute approximate surface area is 74.6 Å². The Morgan fingerprint density at radius 1 is 1.27 bits per heavy atom. The highest BCUT2D eigenvalue weighted by molar-refractivity contribution is 6.82. The van der Waals surface area contributed by atoms with Crippen LogP contribution in [0.15, 0.2) is 0 Å². The van der Waals surface area contributed by atoms with Gasteiger partial charge >= 0.3 is 0 Å². The van der Waals surface area contributed by atoms with Gasteiger partial charge in [0.2, 0.25) is 0 Å². The van der Waals surface area contributed by atoms with Crippen molar-refractivity contribution in [2.75, 3.05) is 7.05 Å². The van der Waals surface area contributed by atoms with Gasteiger partial charge in [-0.3, -0.25) is 0 Å². The third-order valence-electron chi connectivity index (χ3n) is 2.43. The van der Waals surface area contributed by atoms with E-state index in [4.69, 9.17) is 0 Å². The molecule has 0 aromatic carbocycles. The summed E-state index contributed by atoms with van der Waals surface area (Å²) in [7, 11) is 0.840. The van der Waals surface area contributed by atoms with Crippen molar-refractivity contribution in [1.29, 1.82) is 0 Å².